The molecule has 1 heterocycles. The lowest BCUT2D eigenvalue weighted by Crippen LogP contribution is -2.35. The Bertz CT molecular complexity index is 304. The van der Waals surface area contributed by atoms with E-state index in [0.29, 0.717) is 0 Å². The van der Waals surface area contributed by atoms with E-state index in [0.717, 1.165) is 0 Å². The highest BCUT2D eigenvalue weighted by molar-refractivity contribution is 5.83. The minimum absolute atomic E-state index is 0.0747. The summed E-state index contributed by atoms with van der Waals surface area (Å²) >= 11 is 0. The van der Waals surface area contributed by atoms with Crippen LogP contribution >= 0.6 is 0 Å². The number of piperidine rings is 1. The lowest BCUT2D eigenvalue weighted by atomic mass is 9.96. The highest BCUT2D eigenvalue weighted by atomic mass is 19.4. The second kappa shape index (κ2) is 2.87. The Morgan fingerprint density at radius 2 is 2.13 bits per heavy atom. The number of esters is 1. The minimum Gasteiger partial charge on any atom is -0.466 e. The number of halogens is 3. The van der Waals surface area contributed by atoms with Gasteiger partial charge in [-0.2, -0.15) is 13.2 Å². The fraction of sp³-hybridized carbons (Fsp3) is 0.889. The maximum absolute atomic E-state index is 12.8. The van der Waals surface area contributed by atoms with Crippen LogP contribution < -0.4 is 5.32 Å². The summed E-state index contributed by atoms with van der Waals surface area (Å²) in [7, 11) is 0. The second-order valence-corrected chi connectivity index (χ2v) is 4.16. The zero-order valence-electron chi connectivity index (χ0n) is 8.28. The van der Waals surface area contributed by atoms with Gasteiger partial charge in [-0.1, -0.05) is 0 Å². The van der Waals surface area contributed by atoms with Gasteiger partial charge in [0.1, 0.15) is 0 Å². The molecule has 0 aromatic heterocycles. The largest absolute Gasteiger partial charge is 0.466 e. The van der Waals surface area contributed by atoms with Gasteiger partial charge in [0.25, 0.3) is 0 Å². The summed E-state index contributed by atoms with van der Waals surface area (Å²) in [5.41, 5.74) is -3.21. The number of ether oxygens (including phenoxy) is 1. The molecule has 3 nitrogen and oxygen atoms in total. The lowest BCUT2D eigenvalue weighted by molar-refractivity contribution is -0.196. The van der Waals surface area contributed by atoms with Gasteiger partial charge in [0, 0.05) is 13.1 Å². The van der Waals surface area contributed by atoms with Gasteiger partial charge in [0.15, 0.2) is 0 Å². The normalized spacial score (nSPS) is 38.7. The average molecular weight is 223 g/mol. The Morgan fingerprint density at radius 1 is 1.47 bits per heavy atom. The number of rotatable bonds is 2. The first-order valence-electron chi connectivity index (χ1n) is 4.84. The third-order valence-electron chi connectivity index (χ3n) is 3.46. The predicted octanol–water partition coefficient (Wildman–Crippen LogP) is 1.09. The summed E-state index contributed by atoms with van der Waals surface area (Å²) in [6.07, 6.45) is -4.46. The molecule has 0 radical (unpaired) electrons. The average Bonchev–Trinajstić information content (AvgIpc) is 2.66. The molecule has 1 N–H and O–H groups in total. The molecular weight excluding hydrogens is 211 g/mol. The van der Waals surface area contributed by atoms with Gasteiger partial charge >= 0.3 is 12.1 Å². The predicted molar refractivity (Wildman–Crippen MR) is 45.0 cm³/mol. The summed E-state index contributed by atoms with van der Waals surface area (Å²) in [5, 5.41) is 2.63. The van der Waals surface area contributed by atoms with Crippen molar-refractivity contribution in [3.8, 4) is 0 Å². The van der Waals surface area contributed by atoms with E-state index in [2.05, 4.69) is 5.32 Å². The molecule has 0 spiro atoms. The summed E-state index contributed by atoms with van der Waals surface area (Å²) in [5.74, 6) is -0.715. The van der Waals surface area contributed by atoms with Crippen LogP contribution in [-0.2, 0) is 9.53 Å². The number of alkyl halides is 3. The van der Waals surface area contributed by atoms with Gasteiger partial charge in [0.2, 0.25) is 0 Å². The molecule has 0 amide bonds. The second-order valence-electron chi connectivity index (χ2n) is 4.16. The van der Waals surface area contributed by atoms with Crippen molar-refractivity contribution in [2.24, 2.45) is 10.8 Å². The molecule has 15 heavy (non-hydrogen) atoms. The number of nitrogens with one attached hydrogen (secondary N) is 1. The zero-order chi connectivity index (χ0) is 11.3. The van der Waals surface area contributed by atoms with Crippen molar-refractivity contribution in [2.75, 3.05) is 19.7 Å². The standard InChI is InChI=1S/C9H12F3NO2/c1-2-15-6(14)7-3-8(7,5-13-4-7)9(10,11)12/h13H,2-5H2,1H3. The van der Waals surface area contributed by atoms with Crippen LogP contribution in [0.1, 0.15) is 13.3 Å². The van der Waals surface area contributed by atoms with Crippen molar-refractivity contribution in [3.63, 3.8) is 0 Å². The lowest BCUT2D eigenvalue weighted by Gasteiger charge is -2.19. The molecule has 6 heteroatoms. The monoisotopic (exact) mass is 223 g/mol. The van der Waals surface area contributed by atoms with Crippen molar-refractivity contribution >= 4 is 5.97 Å². The van der Waals surface area contributed by atoms with Crippen LogP contribution in [0, 0.1) is 10.8 Å². The molecule has 1 aliphatic carbocycles. The molecule has 86 valence electrons. The fourth-order valence-electron chi connectivity index (χ4n) is 2.50. The zero-order valence-corrected chi connectivity index (χ0v) is 8.28. The Morgan fingerprint density at radius 3 is 2.60 bits per heavy atom. The molecule has 0 aromatic rings. The van der Waals surface area contributed by atoms with Gasteiger partial charge in [0.05, 0.1) is 17.4 Å². The van der Waals surface area contributed by atoms with E-state index in [4.69, 9.17) is 4.74 Å². The number of carbonyl (C=O) groups is 1. The maximum atomic E-state index is 12.8. The smallest absolute Gasteiger partial charge is 0.396 e. The molecule has 2 unspecified atom stereocenters. The van der Waals surface area contributed by atoms with Crippen molar-refractivity contribution < 1.29 is 22.7 Å². The summed E-state index contributed by atoms with van der Waals surface area (Å²) in [4.78, 5) is 11.5. The molecule has 2 rings (SSSR count). The fourth-order valence-corrected chi connectivity index (χ4v) is 2.50. The Hall–Kier alpha value is -0.780. The van der Waals surface area contributed by atoms with Crippen molar-refractivity contribution in [2.45, 2.75) is 19.5 Å². The first-order chi connectivity index (χ1) is 6.90. The van der Waals surface area contributed by atoms with E-state index in [-0.39, 0.29) is 26.1 Å². The Labute approximate surface area is 85.0 Å². The number of hydrogen-bond donors (Lipinski definition) is 1. The van der Waals surface area contributed by atoms with Crippen molar-refractivity contribution in [1.29, 1.82) is 0 Å². The molecule has 0 aromatic carbocycles. The van der Waals surface area contributed by atoms with Crippen LogP contribution in [0.3, 0.4) is 0 Å². The molecule has 1 aliphatic heterocycles. The van der Waals surface area contributed by atoms with E-state index in [1.165, 1.54) is 0 Å². The first kappa shape index (κ1) is 10.7. The Balaban J connectivity index is 2.23. The molecule has 2 fully saturated rings. The third kappa shape index (κ3) is 1.14. The van der Waals surface area contributed by atoms with Gasteiger partial charge in [-0.3, -0.25) is 4.79 Å². The van der Waals surface area contributed by atoms with Crippen LogP contribution in [0.2, 0.25) is 0 Å². The van der Waals surface area contributed by atoms with E-state index >= 15 is 0 Å². The maximum Gasteiger partial charge on any atom is 0.396 e. The van der Waals surface area contributed by atoms with E-state index in [1.54, 1.807) is 6.92 Å². The SMILES string of the molecule is CCOC(=O)C12CNCC1(C(F)(F)F)C2. The molecular formula is C9H12F3NO2. The van der Waals surface area contributed by atoms with Crippen molar-refractivity contribution in [1.82, 2.24) is 5.32 Å². The van der Waals surface area contributed by atoms with E-state index in [9.17, 15) is 18.0 Å². The summed E-state index contributed by atoms with van der Waals surface area (Å²) in [6.45, 7) is 1.61. The highest BCUT2D eigenvalue weighted by Gasteiger charge is 2.85. The number of carbonyl (C=O) groups excluding carboxylic acids is 1. The summed E-state index contributed by atoms with van der Waals surface area (Å²) in [6, 6.07) is 0. The van der Waals surface area contributed by atoms with Crippen LogP contribution in [0.15, 0.2) is 0 Å². The van der Waals surface area contributed by atoms with Crippen LogP contribution in [0.25, 0.3) is 0 Å². The number of hydrogen-bond acceptors (Lipinski definition) is 3. The number of fused-ring (bicyclic) bond motifs is 1. The molecule has 0 bridgehead atoms. The van der Waals surface area contributed by atoms with E-state index in [1.807, 2.05) is 0 Å². The van der Waals surface area contributed by atoms with Gasteiger partial charge in [-0.25, -0.2) is 0 Å². The van der Waals surface area contributed by atoms with Crippen LogP contribution in [0.5, 0.6) is 0 Å². The summed E-state index contributed by atoms with van der Waals surface area (Å²) < 4.78 is 43.1. The molecule has 1 saturated heterocycles. The highest BCUT2D eigenvalue weighted by Crippen LogP contribution is 2.73. The van der Waals surface area contributed by atoms with Gasteiger partial charge in [-0.05, 0) is 13.3 Å². The Kier molecular flexibility index (Phi) is 2.05. The third-order valence-corrected chi connectivity index (χ3v) is 3.46. The minimum atomic E-state index is -4.33. The topological polar surface area (TPSA) is 38.3 Å². The molecule has 2 aliphatic rings. The molecule has 2 atom stereocenters. The van der Waals surface area contributed by atoms with Gasteiger partial charge in [-0.15, -0.1) is 0 Å². The van der Waals surface area contributed by atoms with Crippen LogP contribution in [-0.4, -0.2) is 31.8 Å². The van der Waals surface area contributed by atoms with Crippen molar-refractivity contribution in [3.05, 3.63) is 0 Å². The van der Waals surface area contributed by atoms with E-state index < -0.39 is 23.0 Å². The van der Waals surface area contributed by atoms with Crippen LogP contribution in [0.4, 0.5) is 13.2 Å². The van der Waals surface area contributed by atoms with Gasteiger partial charge < -0.3 is 10.1 Å². The molecule has 1 saturated carbocycles. The quantitative estimate of drug-likeness (QED) is 0.712. The first-order valence-corrected chi connectivity index (χ1v) is 4.84.